The van der Waals surface area contributed by atoms with Crippen LogP contribution < -0.4 is 4.57 Å². The average Bonchev–Trinajstić information content (AvgIpc) is 3.00. The van der Waals surface area contributed by atoms with Crippen LogP contribution in [-0.4, -0.2) is 8.24 Å². The van der Waals surface area contributed by atoms with Crippen molar-refractivity contribution in [2.75, 3.05) is 4.57 Å². The van der Waals surface area contributed by atoms with E-state index in [0.717, 1.165) is 0 Å². The highest BCUT2D eigenvalue weighted by atomic mass is 28.3. The van der Waals surface area contributed by atoms with Crippen LogP contribution in [0.1, 0.15) is 67.8 Å². The molecular formula is C23H31NSi. The fraction of sp³-hybridized carbons (Fsp3) is 0.478. The van der Waals surface area contributed by atoms with E-state index in [1.807, 2.05) is 0 Å². The second-order valence-corrected chi connectivity index (χ2v) is 14.8. The van der Waals surface area contributed by atoms with Crippen LogP contribution in [0.15, 0.2) is 42.5 Å². The standard InChI is InChI=1S/C23H31NSi/c1-15-17-10-8-9-11-18(17)22-21(15)19-14-16(23(2,3)4)12-13-20(19)24(22)25(5,6)7/h8-15,21-22H,1-7H3. The van der Waals surface area contributed by atoms with Gasteiger partial charge in [-0.05, 0) is 39.7 Å². The molecule has 3 unspecified atom stereocenters. The zero-order valence-electron chi connectivity index (χ0n) is 16.7. The summed E-state index contributed by atoms with van der Waals surface area (Å²) in [6.45, 7) is 16.9. The van der Waals surface area contributed by atoms with Gasteiger partial charge < -0.3 is 4.57 Å². The lowest BCUT2D eigenvalue weighted by Gasteiger charge is -2.39. The van der Waals surface area contributed by atoms with Gasteiger partial charge >= 0.3 is 0 Å². The van der Waals surface area contributed by atoms with Crippen LogP contribution in [0.2, 0.25) is 19.6 Å². The molecule has 0 fully saturated rings. The molecule has 1 aliphatic carbocycles. The second-order valence-electron chi connectivity index (χ2n) is 9.95. The van der Waals surface area contributed by atoms with Crippen LogP contribution in [0, 0.1) is 0 Å². The van der Waals surface area contributed by atoms with Crippen molar-refractivity contribution in [1.29, 1.82) is 0 Å². The zero-order chi connectivity index (χ0) is 18.1. The third kappa shape index (κ3) is 2.41. The first-order chi connectivity index (χ1) is 11.6. The molecular weight excluding hydrogens is 318 g/mol. The fourth-order valence-corrected chi connectivity index (χ4v) is 7.09. The predicted molar refractivity (Wildman–Crippen MR) is 111 cm³/mol. The molecule has 0 radical (unpaired) electrons. The minimum absolute atomic E-state index is 0.200. The van der Waals surface area contributed by atoms with E-state index in [4.69, 9.17) is 0 Å². The van der Waals surface area contributed by atoms with Gasteiger partial charge in [-0.2, -0.15) is 0 Å². The smallest absolute Gasteiger partial charge is 0.148 e. The summed E-state index contributed by atoms with van der Waals surface area (Å²) in [6, 6.07) is 17.0. The number of hydrogen-bond donors (Lipinski definition) is 0. The maximum absolute atomic E-state index is 2.82. The molecule has 0 aromatic heterocycles. The molecule has 1 aliphatic heterocycles. The summed E-state index contributed by atoms with van der Waals surface area (Å²) in [7, 11) is -1.49. The summed E-state index contributed by atoms with van der Waals surface area (Å²) in [6.07, 6.45) is 0. The number of rotatable bonds is 1. The summed E-state index contributed by atoms with van der Waals surface area (Å²) < 4.78 is 2.82. The second kappa shape index (κ2) is 5.23. The van der Waals surface area contributed by atoms with Crippen molar-refractivity contribution in [3.8, 4) is 0 Å². The zero-order valence-corrected chi connectivity index (χ0v) is 17.7. The molecule has 0 saturated carbocycles. The van der Waals surface area contributed by atoms with E-state index >= 15 is 0 Å². The SMILES string of the molecule is CC1c2ccccc2C2C1c1cc(C(C)(C)C)ccc1N2[Si](C)(C)C. The quantitative estimate of drug-likeness (QED) is 0.525. The van der Waals surface area contributed by atoms with Crippen molar-refractivity contribution in [2.45, 2.75) is 70.6 Å². The van der Waals surface area contributed by atoms with Crippen molar-refractivity contribution in [2.24, 2.45) is 0 Å². The highest BCUT2D eigenvalue weighted by Crippen LogP contribution is 2.61. The van der Waals surface area contributed by atoms with Gasteiger partial charge in [0.25, 0.3) is 0 Å². The van der Waals surface area contributed by atoms with Gasteiger partial charge in [0.2, 0.25) is 0 Å². The molecule has 2 aromatic rings. The van der Waals surface area contributed by atoms with E-state index in [0.29, 0.717) is 17.9 Å². The number of anilines is 1. The molecule has 0 bridgehead atoms. The minimum Gasteiger partial charge on any atom is -0.391 e. The van der Waals surface area contributed by atoms with E-state index in [-0.39, 0.29) is 5.41 Å². The molecule has 3 atom stereocenters. The molecule has 4 rings (SSSR count). The fourth-order valence-electron chi connectivity index (χ4n) is 5.03. The molecule has 1 heterocycles. The summed E-state index contributed by atoms with van der Waals surface area (Å²) in [5.74, 6) is 1.19. The van der Waals surface area contributed by atoms with Crippen LogP contribution in [0.3, 0.4) is 0 Å². The van der Waals surface area contributed by atoms with Gasteiger partial charge in [-0.25, -0.2) is 0 Å². The highest BCUT2D eigenvalue weighted by molar-refractivity contribution is 6.80. The Morgan fingerprint density at radius 2 is 1.52 bits per heavy atom. The highest BCUT2D eigenvalue weighted by Gasteiger charge is 2.51. The Hall–Kier alpha value is -1.54. The minimum atomic E-state index is -1.49. The Morgan fingerprint density at radius 3 is 2.12 bits per heavy atom. The molecule has 0 spiro atoms. The number of nitrogens with zero attached hydrogens (tertiary/aromatic N) is 1. The number of fused-ring (bicyclic) bond motifs is 5. The van der Waals surface area contributed by atoms with Crippen molar-refractivity contribution < 1.29 is 0 Å². The van der Waals surface area contributed by atoms with E-state index in [2.05, 4.69) is 94.4 Å². The van der Waals surface area contributed by atoms with Gasteiger partial charge in [0.05, 0.1) is 6.04 Å². The summed E-state index contributed by atoms with van der Waals surface area (Å²) in [5.41, 5.74) is 7.88. The Bertz CT molecular complexity index is 825. The molecule has 2 heteroatoms. The monoisotopic (exact) mass is 349 g/mol. The first kappa shape index (κ1) is 16.9. The van der Waals surface area contributed by atoms with Crippen molar-refractivity contribution in [1.82, 2.24) is 0 Å². The van der Waals surface area contributed by atoms with Crippen LogP contribution in [0.4, 0.5) is 5.69 Å². The first-order valence-electron chi connectivity index (χ1n) is 9.63. The molecule has 0 amide bonds. The molecule has 1 nitrogen and oxygen atoms in total. The third-order valence-corrected chi connectivity index (χ3v) is 8.16. The van der Waals surface area contributed by atoms with Crippen LogP contribution in [0.5, 0.6) is 0 Å². The third-order valence-electron chi connectivity index (χ3n) is 6.20. The average molecular weight is 350 g/mol. The van der Waals surface area contributed by atoms with Crippen molar-refractivity contribution >= 4 is 13.9 Å². The number of hydrogen-bond acceptors (Lipinski definition) is 1. The van der Waals surface area contributed by atoms with Gasteiger partial charge in [-0.3, -0.25) is 0 Å². The Kier molecular flexibility index (Phi) is 3.54. The molecule has 132 valence electrons. The van der Waals surface area contributed by atoms with E-state index in [1.165, 1.54) is 11.3 Å². The lowest BCUT2D eigenvalue weighted by Crippen LogP contribution is -2.46. The van der Waals surface area contributed by atoms with Crippen LogP contribution in [0.25, 0.3) is 0 Å². The maximum Gasteiger partial charge on any atom is 0.148 e. The normalized spacial score (nSPS) is 24.9. The Balaban J connectivity index is 1.95. The molecule has 25 heavy (non-hydrogen) atoms. The van der Waals surface area contributed by atoms with Crippen molar-refractivity contribution in [3.63, 3.8) is 0 Å². The molecule has 2 aromatic carbocycles. The lowest BCUT2D eigenvalue weighted by atomic mass is 9.82. The summed E-state index contributed by atoms with van der Waals surface area (Å²) in [4.78, 5) is 0. The maximum atomic E-state index is 2.82. The van der Waals surface area contributed by atoms with Gasteiger partial charge in [0, 0.05) is 11.6 Å². The Morgan fingerprint density at radius 1 is 0.880 bits per heavy atom. The summed E-state index contributed by atoms with van der Waals surface area (Å²) >= 11 is 0. The van der Waals surface area contributed by atoms with Gasteiger partial charge in [0.1, 0.15) is 8.24 Å². The predicted octanol–water partition coefficient (Wildman–Crippen LogP) is 6.58. The van der Waals surface area contributed by atoms with Crippen LogP contribution in [-0.2, 0) is 5.41 Å². The van der Waals surface area contributed by atoms with Gasteiger partial charge in [-0.1, -0.05) is 83.7 Å². The van der Waals surface area contributed by atoms with Crippen molar-refractivity contribution in [3.05, 3.63) is 64.7 Å². The van der Waals surface area contributed by atoms with Gasteiger partial charge in [0.15, 0.2) is 0 Å². The van der Waals surface area contributed by atoms with E-state index in [9.17, 15) is 0 Å². The van der Waals surface area contributed by atoms with E-state index in [1.54, 1.807) is 16.7 Å². The number of benzene rings is 2. The van der Waals surface area contributed by atoms with Crippen LogP contribution >= 0.6 is 0 Å². The summed E-state index contributed by atoms with van der Waals surface area (Å²) in [5, 5.41) is 0. The first-order valence-corrected chi connectivity index (χ1v) is 13.1. The molecule has 0 N–H and O–H groups in total. The molecule has 0 saturated heterocycles. The molecule has 2 aliphatic rings. The topological polar surface area (TPSA) is 3.24 Å². The van der Waals surface area contributed by atoms with E-state index < -0.39 is 8.24 Å². The Labute approximate surface area is 154 Å². The van der Waals surface area contributed by atoms with Gasteiger partial charge in [-0.15, -0.1) is 0 Å². The lowest BCUT2D eigenvalue weighted by molar-refractivity contribution is 0.561. The largest absolute Gasteiger partial charge is 0.391 e.